The molecule has 1 aliphatic heterocycles. The van der Waals surface area contributed by atoms with E-state index >= 15 is 0 Å². The molecule has 2 unspecified atom stereocenters. The van der Waals surface area contributed by atoms with E-state index in [9.17, 15) is 0 Å². The standard InChI is InChI=1S/C17H36N2O/c1-6-8-9-15(7-2)14-16(18-5)17(3,4)19-10-12-20-13-11-19/h15-16,18H,6-14H2,1-5H3. The smallest absolute Gasteiger partial charge is 0.0594 e. The van der Waals surface area contributed by atoms with Crippen LogP contribution in [0, 0.1) is 5.92 Å². The normalized spacial score (nSPS) is 20.9. The van der Waals surface area contributed by atoms with Crippen LogP contribution >= 0.6 is 0 Å². The van der Waals surface area contributed by atoms with Crippen molar-refractivity contribution in [3.63, 3.8) is 0 Å². The van der Waals surface area contributed by atoms with Crippen LogP contribution in [-0.2, 0) is 4.74 Å². The minimum atomic E-state index is 0.207. The van der Waals surface area contributed by atoms with Crippen LogP contribution in [0.25, 0.3) is 0 Å². The third kappa shape index (κ3) is 5.01. The van der Waals surface area contributed by atoms with Gasteiger partial charge in [-0.3, -0.25) is 4.90 Å². The Kier molecular flexibility index (Phi) is 8.08. The van der Waals surface area contributed by atoms with Gasteiger partial charge in [-0.2, -0.15) is 0 Å². The summed E-state index contributed by atoms with van der Waals surface area (Å²) in [4.78, 5) is 2.60. The molecule has 1 aliphatic rings. The highest BCUT2D eigenvalue weighted by atomic mass is 16.5. The zero-order valence-corrected chi connectivity index (χ0v) is 14.4. The lowest BCUT2D eigenvalue weighted by atomic mass is 9.82. The van der Waals surface area contributed by atoms with E-state index in [2.05, 4.69) is 45.0 Å². The lowest BCUT2D eigenvalue weighted by molar-refractivity contribution is -0.0256. The second-order valence-corrected chi connectivity index (χ2v) is 6.75. The molecule has 1 saturated heterocycles. The summed E-state index contributed by atoms with van der Waals surface area (Å²) >= 11 is 0. The van der Waals surface area contributed by atoms with Crippen LogP contribution in [0.1, 0.15) is 59.8 Å². The number of morpholine rings is 1. The molecule has 1 fully saturated rings. The predicted molar refractivity (Wildman–Crippen MR) is 87.2 cm³/mol. The molecule has 0 aromatic carbocycles. The Morgan fingerprint density at radius 2 is 1.85 bits per heavy atom. The van der Waals surface area contributed by atoms with E-state index in [4.69, 9.17) is 4.74 Å². The Hall–Kier alpha value is -0.120. The van der Waals surface area contributed by atoms with Gasteiger partial charge in [-0.05, 0) is 33.2 Å². The SMILES string of the molecule is CCCCC(CC)CC(NC)C(C)(C)N1CCOCC1. The average Bonchev–Trinajstić information content (AvgIpc) is 2.48. The van der Waals surface area contributed by atoms with Gasteiger partial charge >= 0.3 is 0 Å². The molecule has 0 aromatic heterocycles. The van der Waals surface area contributed by atoms with Crippen LogP contribution in [0.15, 0.2) is 0 Å². The Morgan fingerprint density at radius 3 is 2.35 bits per heavy atom. The monoisotopic (exact) mass is 284 g/mol. The maximum absolute atomic E-state index is 5.50. The topological polar surface area (TPSA) is 24.5 Å². The number of ether oxygens (including phenoxy) is 1. The van der Waals surface area contributed by atoms with Gasteiger partial charge in [-0.1, -0.05) is 39.5 Å². The van der Waals surface area contributed by atoms with Gasteiger partial charge in [0.2, 0.25) is 0 Å². The molecular weight excluding hydrogens is 248 g/mol. The van der Waals surface area contributed by atoms with Crippen molar-refractivity contribution in [2.75, 3.05) is 33.4 Å². The van der Waals surface area contributed by atoms with Gasteiger partial charge in [0.05, 0.1) is 13.2 Å². The molecule has 0 radical (unpaired) electrons. The Labute approximate surface area is 126 Å². The summed E-state index contributed by atoms with van der Waals surface area (Å²) in [6, 6.07) is 0.558. The fourth-order valence-corrected chi connectivity index (χ4v) is 3.43. The second kappa shape index (κ2) is 9.01. The molecule has 3 heteroatoms. The first-order valence-corrected chi connectivity index (χ1v) is 8.56. The van der Waals surface area contributed by atoms with Crippen molar-refractivity contribution >= 4 is 0 Å². The highest BCUT2D eigenvalue weighted by Crippen LogP contribution is 2.28. The van der Waals surface area contributed by atoms with Gasteiger partial charge in [0, 0.05) is 24.7 Å². The molecule has 1 rings (SSSR count). The molecular formula is C17H36N2O. The fraction of sp³-hybridized carbons (Fsp3) is 1.00. The highest BCUT2D eigenvalue weighted by Gasteiger charge is 2.36. The van der Waals surface area contributed by atoms with Gasteiger partial charge in [-0.15, -0.1) is 0 Å². The number of hydrogen-bond acceptors (Lipinski definition) is 3. The first-order chi connectivity index (χ1) is 9.56. The van der Waals surface area contributed by atoms with Crippen LogP contribution in [0.4, 0.5) is 0 Å². The first-order valence-electron chi connectivity index (χ1n) is 8.56. The number of hydrogen-bond donors (Lipinski definition) is 1. The van der Waals surface area contributed by atoms with E-state index in [0.717, 1.165) is 32.2 Å². The zero-order chi connectivity index (χ0) is 15.0. The molecule has 0 spiro atoms. The molecule has 1 N–H and O–H groups in total. The Morgan fingerprint density at radius 1 is 1.20 bits per heavy atom. The van der Waals surface area contributed by atoms with E-state index in [1.807, 2.05) is 0 Å². The number of unbranched alkanes of at least 4 members (excludes halogenated alkanes) is 1. The fourth-order valence-electron chi connectivity index (χ4n) is 3.43. The van der Waals surface area contributed by atoms with Crippen LogP contribution in [0.3, 0.4) is 0 Å². The zero-order valence-electron chi connectivity index (χ0n) is 14.4. The maximum atomic E-state index is 5.50. The largest absolute Gasteiger partial charge is 0.379 e. The molecule has 2 atom stereocenters. The van der Waals surface area contributed by atoms with Crippen molar-refractivity contribution < 1.29 is 4.74 Å². The number of nitrogens with zero attached hydrogens (tertiary/aromatic N) is 1. The summed E-state index contributed by atoms with van der Waals surface area (Å²) in [5, 5.41) is 3.60. The second-order valence-electron chi connectivity index (χ2n) is 6.75. The molecule has 0 bridgehead atoms. The average molecular weight is 284 g/mol. The van der Waals surface area contributed by atoms with Crippen molar-refractivity contribution in [2.24, 2.45) is 5.92 Å². The summed E-state index contributed by atoms with van der Waals surface area (Å²) in [6.07, 6.45) is 6.65. The van der Waals surface area contributed by atoms with Crippen LogP contribution < -0.4 is 5.32 Å². The van der Waals surface area contributed by atoms with Crippen molar-refractivity contribution in [3.05, 3.63) is 0 Å². The summed E-state index contributed by atoms with van der Waals surface area (Å²) in [6.45, 7) is 13.3. The quantitative estimate of drug-likeness (QED) is 0.703. The summed E-state index contributed by atoms with van der Waals surface area (Å²) in [5.41, 5.74) is 0.207. The molecule has 0 aliphatic carbocycles. The van der Waals surface area contributed by atoms with Crippen LogP contribution in [-0.4, -0.2) is 49.8 Å². The minimum Gasteiger partial charge on any atom is -0.379 e. The molecule has 0 aromatic rings. The van der Waals surface area contributed by atoms with Gasteiger partial charge in [-0.25, -0.2) is 0 Å². The van der Waals surface area contributed by atoms with Gasteiger partial charge < -0.3 is 10.1 Å². The molecule has 0 amide bonds. The summed E-state index contributed by atoms with van der Waals surface area (Å²) in [7, 11) is 2.12. The minimum absolute atomic E-state index is 0.207. The van der Waals surface area contributed by atoms with E-state index < -0.39 is 0 Å². The van der Waals surface area contributed by atoms with Gasteiger partial charge in [0.1, 0.15) is 0 Å². The van der Waals surface area contributed by atoms with Crippen LogP contribution in [0.2, 0.25) is 0 Å². The van der Waals surface area contributed by atoms with E-state index in [-0.39, 0.29) is 5.54 Å². The molecule has 120 valence electrons. The first kappa shape index (κ1) is 17.9. The summed E-state index contributed by atoms with van der Waals surface area (Å²) < 4.78 is 5.50. The van der Waals surface area contributed by atoms with E-state index in [1.165, 1.54) is 32.1 Å². The summed E-state index contributed by atoms with van der Waals surface area (Å²) in [5.74, 6) is 0.854. The van der Waals surface area contributed by atoms with E-state index in [1.54, 1.807) is 0 Å². The number of nitrogens with one attached hydrogen (secondary N) is 1. The van der Waals surface area contributed by atoms with Crippen molar-refractivity contribution in [1.82, 2.24) is 10.2 Å². The Bertz CT molecular complexity index is 249. The van der Waals surface area contributed by atoms with Gasteiger partial charge in [0.15, 0.2) is 0 Å². The lowest BCUT2D eigenvalue weighted by Crippen LogP contribution is -2.60. The van der Waals surface area contributed by atoms with E-state index in [0.29, 0.717) is 6.04 Å². The highest BCUT2D eigenvalue weighted by molar-refractivity contribution is 4.94. The van der Waals surface area contributed by atoms with Crippen molar-refractivity contribution in [3.8, 4) is 0 Å². The molecule has 0 saturated carbocycles. The Balaban J connectivity index is 2.61. The molecule has 20 heavy (non-hydrogen) atoms. The molecule has 3 nitrogen and oxygen atoms in total. The van der Waals surface area contributed by atoms with Gasteiger partial charge in [0.25, 0.3) is 0 Å². The maximum Gasteiger partial charge on any atom is 0.0594 e. The number of rotatable bonds is 9. The number of likely N-dealkylation sites (N-methyl/N-ethyl adjacent to an activating group) is 1. The molecule has 1 heterocycles. The lowest BCUT2D eigenvalue weighted by Gasteiger charge is -2.46. The predicted octanol–water partition coefficient (Wildman–Crippen LogP) is 3.29. The van der Waals surface area contributed by atoms with Crippen molar-refractivity contribution in [2.45, 2.75) is 71.4 Å². The van der Waals surface area contributed by atoms with Crippen LogP contribution in [0.5, 0.6) is 0 Å². The third-order valence-electron chi connectivity index (χ3n) is 5.14. The third-order valence-corrected chi connectivity index (χ3v) is 5.14. The van der Waals surface area contributed by atoms with Crippen molar-refractivity contribution in [1.29, 1.82) is 0 Å².